The maximum Gasteiger partial charge on any atom is 0.262 e. The van der Waals surface area contributed by atoms with Crippen molar-refractivity contribution in [2.75, 3.05) is 30.3 Å². The van der Waals surface area contributed by atoms with Crippen LogP contribution >= 0.6 is 11.6 Å². The molecular weight excluding hydrogens is 544 g/mol. The molecule has 8 heteroatoms. The molecule has 1 saturated carbocycles. The van der Waals surface area contributed by atoms with Gasteiger partial charge in [-0.25, -0.2) is 4.21 Å². The molecule has 2 aromatic rings. The zero-order valence-corrected chi connectivity index (χ0v) is 24.7. The van der Waals surface area contributed by atoms with E-state index < -0.39 is 15.8 Å². The summed E-state index contributed by atoms with van der Waals surface area (Å²) in [6, 6.07) is 11.7. The monoisotopic (exact) mass is 582 g/mol. The first kappa shape index (κ1) is 27.7. The quantitative estimate of drug-likeness (QED) is 0.331. The highest BCUT2D eigenvalue weighted by Gasteiger charge is 2.44. The molecule has 1 unspecified atom stereocenters. The number of aliphatic hydroxyl groups is 1. The second-order valence-corrected chi connectivity index (χ2v) is 15.1. The van der Waals surface area contributed by atoms with Crippen LogP contribution < -0.4 is 14.4 Å². The Balaban J connectivity index is 1.42. The number of nitrogens with zero attached hydrogens (tertiary/aromatic N) is 1. The summed E-state index contributed by atoms with van der Waals surface area (Å²) in [5.74, 6) is 5.07. The summed E-state index contributed by atoms with van der Waals surface area (Å²) in [4.78, 5) is 15.7. The van der Waals surface area contributed by atoms with Crippen molar-refractivity contribution in [3.05, 3.63) is 70.3 Å². The Morgan fingerprint density at radius 2 is 2.08 bits per heavy atom. The van der Waals surface area contributed by atoms with Crippen LogP contribution in [0, 0.1) is 17.8 Å². The lowest BCUT2D eigenvalue weighted by atomic mass is 9.68. The molecule has 2 aliphatic carbocycles. The van der Waals surface area contributed by atoms with E-state index in [0.717, 1.165) is 61.7 Å². The molecule has 6 rings (SSSR count). The van der Waals surface area contributed by atoms with Crippen molar-refractivity contribution < 1.29 is 18.8 Å². The van der Waals surface area contributed by atoms with Gasteiger partial charge in [-0.3, -0.25) is 9.52 Å². The van der Waals surface area contributed by atoms with E-state index in [-0.39, 0.29) is 28.9 Å². The summed E-state index contributed by atoms with van der Waals surface area (Å²) in [6.45, 7) is 4.05. The predicted molar refractivity (Wildman–Crippen MR) is 163 cm³/mol. The first-order valence-corrected chi connectivity index (χ1v) is 16.7. The normalized spacial score (nSPS) is 34.9. The van der Waals surface area contributed by atoms with Crippen LogP contribution in [-0.2, 0) is 21.5 Å². The minimum absolute atomic E-state index is 0.0548. The molecule has 1 amide bonds. The fourth-order valence-electron chi connectivity index (χ4n) is 7.20. The Morgan fingerprint density at radius 3 is 2.88 bits per heavy atom. The Morgan fingerprint density at radius 1 is 1.23 bits per heavy atom. The van der Waals surface area contributed by atoms with Crippen molar-refractivity contribution in [3.8, 4) is 5.75 Å². The third-order valence-corrected chi connectivity index (χ3v) is 11.3. The van der Waals surface area contributed by atoms with Gasteiger partial charge in [0.1, 0.15) is 5.75 Å². The van der Waals surface area contributed by atoms with Gasteiger partial charge < -0.3 is 14.7 Å². The molecule has 2 aromatic carbocycles. The molecule has 1 spiro atoms. The lowest BCUT2D eigenvalue weighted by Crippen LogP contribution is -2.49. The van der Waals surface area contributed by atoms with E-state index in [1.807, 2.05) is 37.3 Å². The van der Waals surface area contributed by atoms with E-state index in [1.54, 1.807) is 6.07 Å². The standard InChI is InChI=1S/C32H39ClN2O4S/c1-21-5-3-7-29(36)26-11-8-24(26)17-35-19-32(14-4-6-22-15-25(33)10-12-27(22)32)20-39-30-13-9-23(16-28(30)35)31(37)34-40(2,38)18-21/h3,7,9-10,12-13,15-16,21,24,26,29,36H,2,4-6,8,11,14,17-20H2,1H3,(H,34,37,38)/b7-3+/t21-,24-,26+,29-,32-,40?/m0/s1. The number of halogens is 1. The molecule has 6 nitrogen and oxygen atoms in total. The maximum atomic E-state index is 13.3. The van der Waals surface area contributed by atoms with Crippen LogP contribution in [0.25, 0.3) is 0 Å². The number of amides is 1. The maximum absolute atomic E-state index is 13.3. The fourth-order valence-corrected chi connectivity index (χ4v) is 8.99. The van der Waals surface area contributed by atoms with Crippen molar-refractivity contribution >= 4 is 38.8 Å². The van der Waals surface area contributed by atoms with E-state index in [0.29, 0.717) is 24.5 Å². The SMILES string of the molecule is C=S1(=O)C[C@@H](C)C/C=C/[C@H](O)[C@@H]2CC[C@H]2CN2C[C@@]3(CCCc4cc(Cl)ccc43)COc3ccc(cc32)C(=O)N1. The van der Waals surface area contributed by atoms with Crippen LogP contribution in [-0.4, -0.2) is 52.6 Å². The zero-order valence-electron chi connectivity index (χ0n) is 23.1. The largest absolute Gasteiger partial charge is 0.490 e. The lowest BCUT2D eigenvalue weighted by molar-refractivity contribution is 0.0456. The Hall–Kier alpha value is -2.48. The first-order valence-electron chi connectivity index (χ1n) is 14.4. The van der Waals surface area contributed by atoms with Gasteiger partial charge in [-0.15, -0.1) is 0 Å². The summed E-state index contributed by atoms with van der Waals surface area (Å²) in [5.41, 5.74) is 3.68. The second-order valence-electron chi connectivity index (χ2n) is 12.5. The number of benzene rings is 2. The van der Waals surface area contributed by atoms with Gasteiger partial charge in [0.2, 0.25) is 0 Å². The van der Waals surface area contributed by atoms with Gasteiger partial charge in [-0.1, -0.05) is 36.7 Å². The number of aliphatic hydroxyl groups excluding tert-OH is 1. The molecule has 0 aromatic heterocycles. The van der Waals surface area contributed by atoms with Gasteiger partial charge >= 0.3 is 0 Å². The Labute approximate surface area is 242 Å². The molecule has 4 aliphatic rings. The number of anilines is 1. The molecular formula is C32H39ClN2O4S. The molecule has 40 heavy (non-hydrogen) atoms. The van der Waals surface area contributed by atoms with E-state index >= 15 is 0 Å². The summed E-state index contributed by atoms with van der Waals surface area (Å²) in [7, 11) is -2.83. The Kier molecular flexibility index (Phi) is 7.43. The number of aryl methyl sites for hydroxylation is 1. The van der Waals surface area contributed by atoms with Crippen LogP contribution in [0.3, 0.4) is 0 Å². The number of hydrogen-bond acceptors (Lipinski definition) is 5. The average Bonchev–Trinajstić information content (AvgIpc) is 3.02. The highest BCUT2D eigenvalue weighted by Crippen LogP contribution is 2.46. The molecule has 0 saturated heterocycles. The third kappa shape index (κ3) is 5.40. The van der Waals surface area contributed by atoms with Gasteiger partial charge in [0, 0.05) is 44.6 Å². The molecule has 2 heterocycles. The van der Waals surface area contributed by atoms with Crippen molar-refractivity contribution in [1.29, 1.82) is 0 Å². The smallest absolute Gasteiger partial charge is 0.262 e. The molecule has 2 aliphatic heterocycles. The van der Waals surface area contributed by atoms with Crippen LogP contribution in [0.5, 0.6) is 5.75 Å². The number of hydrogen-bond donors (Lipinski definition) is 2. The predicted octanol–water partition coefficient (Wildman–Crippen LogP) is 5.16. The number of fused-ring (bicyclic) bond motifs is 4. The summed E-state index contributed by atoms with van der Waals surface area (Å²) in [6.07, 6.45) is 9.17. The molecule has 1 fully saturated rings. The highest BCUT2D eigenvalue weighted by molar-refractivity contribution is 7.99. The van der Waals surface area contributed by atoms with Gasteiger partial charge in [0.05, 0.1) is 18.4 Å². The van der Waals surface area contributed by atoms with Crippen molar-refractivity contribution in [2.24, 2.45) is 17.8 Å². The van der Waals surface area contributed by atoms with Gasteiger partial charge in [-0.05, 0) is 104 Å². The van der Waals surface area contributed by atoms with Crippen molar-refractivity contribution in [2.45, 2.75) is 57.0 Å². The van der Waals surface area contributed by atoms with Gasteiger partial charge in [-0.2, -0.15) is 0 Å². The molecule has 214 valence electrons. The molecule has 6 atom stereocenters. The summed E-state index contributed by atoms with van der Waals surface area (Å²) >= 11 is 6.39. The molecule has 2 N–H and O–H groups in total. The molecule has 2 bridgehead atoms. The highest BCUT2D eigenvalue weighted by atomic mass is 35.5. The topological polar surface area (TPSA) is 78.9 Å². The minimum atomic E-state index is -2.83. The van der Waals surface area contributed by atoms with Crippen LogP contribution in [0.15, 0.2) is 48.6 Å². The number of carbonyl (C=O) groups excluding carboxylic acids is 1. The van der Waals surface area contributed by atoms with Gasteiger partial charge in [0.25, 0.3) is 5.91 Å². The van der Waals surface area contributed by atoms with Crippen molar-refractivity contribution in [1.82, 2.24) is 4.72 Å². The van der Waals surface area contributed by atoms with Crippen LogP contribution in [0.4, 0.5) is 5.69 Å². The van der Waals surface area contributed by atoms with Gasteiger partial charge in [0.15, 0.2) is 0 Å². The zero-order chi connectivity index (χ0) is 28.1. The third-order valence-electron chi connectivity index (χ3n) is 9.37. The van der Waals surface area contributed by atoms with E-state index in [1.165, 1.54) is 11.1 Å². The fraction of sp³-hybridized carbons (Fsp3) is 0.500. The number of nitrogens with one attached hydrogen (secondary N) is 1. The Bertz CT molecular complexity index is 1440. The molecule has 0 radical (unpaired) electrons. The number of carbonyl (C=O) groups is 1. The van der Waals surface area contributed by atoms with Crippen molar-refractivity contribution in [3.63, 3.8) is 0 Å². The number of allylic oxidation sites excluding steroid dienone is 1. The first-order chi connectivity index (χ1) is 19.1. The summed E-state index contributed by atoms with van der Waals surface area (Å²) < 4.78 is 22.5. The second kappa shape index (κ2) is 10.7. The van der Waals surface area contributed by atoms with Crippen LogP contribution in [0.1, 0.15) is 60.5 Å². The van der Waals surface area contributed by atoms with Crippen LogP contribution in [0.2, 0.25) is 5.02 Å². The number of rotatable bonds is 0. The van der Waals surface area contributed by atoms with E-state index in [9.17, 15) is 14.1 Å². The summed E-state index contributed by atoms with van der Waals surface area (Å²) in [5, 5.41) is 11.8. The van der Waals surface area contributed by atoms with E-state index in [2.05, 4.69) is 27.6 Å². The lowest BCUT2D eigenvalue weighted by Gasteiger charge is -2.45. The average molecular weight is 583 g/mol. The van der Waals surface area contributed by atoms with E-state index in [4.69, 9.17) is 16.3 Å². The number of ether oxygens (including phenoxy) is 1. The minimum Gasteiger partial charge on any atom is -0.490 e.